The van der Waals surface area contributed by atoms with Gasteiger partial charge in [0.15, 0.2) is 6.04 Å². The van der Waals surface area contributed by atoms with Gasteiger partial charge in [-0.3, -0.25) is 0 Å². The fourth-order valence-corrected chi connectivity index (χ4v) is 2.47. The van der Waals surface area contributed by atoms with Crippen LogP contribution in [0.1, 0.15) is 39.0 Å². The Labute approximate surface area is 114 Å². The molecular formula is C13H24N2O4. The highest BCUT2D eigenvalue weighted by Crippen LogP contribution is 2.20. The van der Waals surface area contributed by atoms with E-state index in [1.54, 1.807) is 4.90 Å². The molecule has 0 aromatic carbocycles. The number of piperidine rings is 1. The fraction of sp³-hybridized carbons (Fsp3) is 0.846. The van der Waals surface area contributed by atoms with E-state index in [4.69, 9.17) is 9.84 Å². The molecule has 0 saturated carbocycles. The van der Waals surface area contributed by atoms with Gasteiger partial charge >= 0.3 is 12.0 Å². The summed E-state index contributed by atoms with van der Waals surface area (Å²) >= 11 is 0. The molecule has 0 bridgehead atoms. The molecule has 0 aliphatic carbocycles. The van der Waals surface area contributed by atoms with Crippen LogP contribution in [0.25, 0.3) is 0 Å². The minimum Gasteiger partial charge on any atom is -0.480 e. The smallest absolute Gasteiger partial charge is 0.328 e. The number of methoxy groups -OCH3 is 1. The normalized spacial score (nSPS) is 20.9. The average molecular weight is 272 g/mol. The van der Waals surface area contributed by atoms with Gasteiger partial charge in [-0.25, -0.2) is 9.59 Å². The van der Waals surface area contributed by atoms with Gasteiger partial charge in [0.2, 0.25) is 0 Å². The molecule has 0 spiro atoms. The first-order valence-corrected chi connectivity index (χ1v) is 6.89. The minimum atomic E-state index is -1.07. The Bertz CT molecular complexity index is 307. The Morgan fingerprint density at radius 3 is 2.79 bits per heavy atom. The minimum absolute atomic E-state index is 0.0205. The van der Waals surface area contributed by atoms with Crippen molar-refractivity contribution >= 4 is 12.0 Å². The van der Waals surface area contributed by atoms with Crippen LogP contribution in [-0.2, 0) is 9.53 Å². The summed E-state index contributed by atoms with van der Waals surface area (Å²) in [6.07, 6.45) is 5.11. The second-order valence-corrected chi connectivity index (χ2v) is 4.93. The molecule has 1 saturated heterocycles. The van der Waals surface area contributed by atoms with Crippen molar-refractivity contribution in [2.45, 2.75) is 51.1 Å². The summed E-state index contributed by atoms with van der Waals surface area (Å²) in [5.74, 6) is -1.07. The van der Waals surface area contributed by atoms with Gasteiger partial charge in [-0.05, 0) is 25.7 Å². The third-order valence-electron chi connectivity index (χ3n) is 3.44. The molecule has 19 heavy (non-hydrogen) atoms. The summed E-state index contributed by atoms with van der Waals surface area (Å²) in [6.45, 7) is 2.78. The summed E-state index contributed by atoms with van der Waals surface area (Å²) in [7, 11) is 1.42. The number of carbonyl (C=O) groups excluding carboxylic acids is 1. The second-order valence-electron chi connectivity index (χ2n) is 4.93. The van der Waals surface area contributed by atoms with E-state index in [1.165, 1.54) is 7.11 Å². The first kappa shape index (κ1) is 15.8. The predicted molar refractivity (Wildman–Crippen MR) is 71.1 cm³/mol. The highest BCUT2D eigenvalue weighted by molar-refractivity contribution is 5.82. The molecule has 1 heterocycles. The van der Waals surface area contributed by atoms with Crippen molar-refractivity contribution in [1.29, 1.82) is 0 Å². The number of carboxylic acid groups (broad SMARTS) is 1. The van der Waals surface area contributed by atoms with E-state index in [1.807, 2.05) is 0 Å². The molecule has 6 nitrogen and oxygen atoms in total. The predicted octanol–water partition coefficient (Wildman–Crippen LogP) is 1.45. The van der Waals surface area contributed by atoms with Crippen molar-refractivity contribution < 1.29 is 19.4 Å². The van der Waals surface area contributed by atoms with Crippen LogP contribution in [0.2, 0.25) is 0 Å². The van der Waals surface area contributed by atoms with Gasteiger partial charge in [0.25, 0.3) is 0 Å². The summed E-state index contributed by atoms with van der Waals surface area (Å²) in [5, 5.41) is 11.5. The number of ether oxygens (including phenoxy) is 1. The number of amides is 2. The summed E-state index contributed by atoms with van der Waals surface area (Å²) in [5.41, 5.74) is 0. The fourth-order valence-electron chi connectivity index (χ4n) is 2.47. The number of nitrogens with one attached hydrogen (secondary N) is 1. The van der Waals surface area contributed by atoms with Crippen LogP contribution in [0.5, 0.6) is 0 Å². The van der Waals surface area contributed by atoms with E-state index in [-0.39, 0.29) is 18.7 Å². The van der Waals surface area contributed by atoms with Crippen molar-refractivity contribution in [2.24, 2.45) is 0 Å². The van der Waals surface area contributed by atoms with Gasteiger partial charge in [0.05, 0.1) is 6.61 Å². The third kappa shape index (κ3) is 4.70. The Morgan fingerprint density at radius 1 is 1.47 bits per heavy atom. The van der Waals surface area contributed by atoms with Gasteiger partial charge in [-0.1, -0.05) is 13.3 Å². The number of nitrogens with zero attached hydrogens (tertiary/aromatic N) is 1. The van der Waals surface area contributed by atoms with Crippen molar-refractivity contribution in [3.05, 3.63) is 0 Å². The lowest BCUT2D eigenvalue weighted by Crippen LogP contribution is -2.54. The molecule has 0 aromatic rings. The van der Waals surface area contributed by atoms with Crippen molar-refractivity contribution in [3.8, 4) is 0 Å². The first-order chi connectivity index (χ1) is 9.10. The standard InChI is InChI=1S/C13H24N2O4/c1-3-6-10-7-4-5-8-15(10)13(18)14-11(9-19-2)12(16)17/h10-11H,3-9H2,1-2H3,(H,14,18)(H,16,17). The zero-order valence-electron chi connectivity index (χ0n) is 11.7. The largest absolute Gasteiger partial charge is 0.480 e. The molecule has 0 radical (unpaired) electrons. The van der Waals surface area contributed by atoms with Crippen LogP contribution in [0.3, 0.4) is 0 Å². The van der Waals surface area contributed by atoms with E-state index in [0.29, 0.717) is 6.54 Å². The lowest BCUT2D eigenvalue weighted by molar-refractivity contribution is -0.140. The Balaban J connectivity index is 2.60. The lowest BCUT2D eigenvalue weighted by atomic mass is 9.99. The Kier molecular flexibility index (Phi) is 6.62. The number of rotatable bonds is 6. The summed E-state index contributed by atoms with van der Waals surface area (Å²) in [4.78, 5) is 24.9. The molecule has 2 N–H and O–H groups in total. The number of carboxylic acids is 1. The molecule has 2 atom stereocenters. The number of carbonyl (C=O) groups is 2. The number of aliphatic carboxylic acids is 1. The molecule has 110 valence electrons. The first-order valence-electron chi connectivity index (χ1n) is 6.89. The van der Waals surface area contributed by atoms with Crippen molar-refractivity contribution in [1.82, 2.24) is 10.2 Å². The molecule has 1 fully saturated rings. The van der Waals surface area contributed by atoms with E-state index >= 15 is 0 Å². The zero-order chi connectivity index (χ0) is 14.3. The summed E-state index contributed by atoms with van der Waals surface area (Å²) < 4.78 is 4.81. The molecule has 6 heteroatoms. The molecule has 1 aliphatic heterocycles. The van der Waals surface area contributed by atoms with Crippen LogP contribution >= 0.6 is 0 Å². The highest BCUT2D eigenvalue weighted by atomic mass is 16.5. The molecular weight excluding hydrogens is 248 g/mol. The zero-order valence-corrected chi connectivity index (χ0v) is 11.7. The van der Waals surface area contributed by atoms with Crippen LogP contribution in [0.4, 0.5) is 4.79 Å². The topological polar surface area (TPSA) is 78.9 Å². The van der Waals surface area contributed by atoms with Crippen molar-refractivity contribution in [3.63, 3.8) is 0 Å². The number of urea groups is 1. The molecule has 0 aromatic heterocycles. The average Bonchev–Trinajstić information content (AvgIpc) is 2.39. The van der Waals surface area contributed by atoms with Gasteiger partial charge in [0.1, 0.15) is 0 Å². The van der Waals surface area contributed by atoms with E-state index in [2.05, 4.69) is 12.2 Å². The quantitative estimate of drug-likeness (QED) is 0.767. The molecule has 1 rings (SSSR count). The van der Waals surface area contributed by atoms with Gasteiger partial charge in [-0.15, -0.1) is 0 Å². The molecule has 2 unspecified atom stereocenters. The third-order valence-corrected chi connectivity index (χ3v) is 3.44. The second kappa shape index (κ2) is 7.99. The van der Waals surface area contributed by atoms with Gasteiger partial charge in [-0.2, -0.15) is 0 Å². The molecule has 2 amide bonds. The van der Waals surface area contributed by atoms with Crippen LogP contribution < -0.4 is 5.32 Å². The maximum Gasteiger partial charge on any atom is 0.328 e. The monoisotopic (exact) mass is 272 g/mol. The number of likely N-dealkylation sites (tertiary alicyclic amines) is 1. The molecule has 1 aliphatic rings. The van der Waals surface area contributed by atoms with Crippen molar-refractivity contribution in [2.75, 3.05) is 20.3 Å². The summed E-state index contributed by atoms with van der Waals surface area (Å²) in [6, 6.07) is -1.04. The lowest BCUT2D eigenvalue weighted by Gasteiger charge is -2.36. The Morgan fingerprint density at radius 2 is 2.21 bits per heavy atom. The van der Waals surface area contributed by atoms with E-state index in [0.717, 1.165) is 32.1 Å². The maximum atomic E-state index is 12.2. The van der Waals surface area contributed by atoms with Crippen LogP contribution in [0.15, 0.2) is 0 Å². The number of hydrogen-bond donors (Lipinski definition) is 2. The van der Waals surface area contributed by atoms with E-state index < -0.39 is 12.0 Å². The SMILES string of the molecule is CCCC1CCCCN1C(=O)NC(COC)C(=O)O. The highest BCUT2D eigenvalue weighted by Gasteiger charge is 2.29. The Hall–Kier alpha value is -1.30. The van der Waals surface area contributed by atoms with Gasteiger partial charge in [0, 0.05) is 19.7 Å². The number of hydrogen-bond acceptors (Lipinski definition) is 3. The maximum absolute atomic E-state index is 12.2. The van der Waals surface area contributed by atoms with E-state index in [9.17, 15) is 9.59 Å². The van der Waals surface area contributed by atoms with Crippen LogP contribution in [0, 0.1) is 0 Å². The van der Waals surface area contributed by atoms with Gasteiger partial charge < -0.3 is 20.1 Å². The van der Waals surface area contributed by atoms with Crippen LogP contribution in [-0.4, -0.2) is 54.4 Å².